The van der Waals surface area contributed by atoms with Crippen LogP contribution in [0.2, 0.25) is 0 Å². The molecule has 28 heavy (non-hydrogen) atoms. The molecule has 0 aromatic heterocycles. The number of aliphatic carboxylic acids is 1. The van der Waals surface area contributed by atoms with Gasteiger partial charge < -0.3 is 30.9 Å². The SMILES string of the molecule is CC(=O)OC(CN)C[C@@H]1C[C@H](SC2=C(C(=O)O)N3C(=O)[C@H]([C@@H](C)O)[C@H]3C2)CN1. The zero-order chi connectivity index (χ0) is 20.6. The molecule has 0 saturated carbocycles. The monoisotopic (exact) mass is 413 g/mol. The number of thioether (sulfide) groups is 1. The molecule has 3 rings (SSSR count). The highest BCUT2D eigenvalue weighted by Crippen LogP contribution is 2.48. The molecule has 0 spiro atoms. The molecule has 156 valence electrons. The molecule has 0 radical (unpaired) electrons. The lowest BCUT2D eigenvalue weighted by Gasteiger charge is -2.44. The molecular weight excluding hydrogens is 386 g/mol. The molecular formula is C18H27N3O6S. The molecule has 5 N–H and O–H groups in total. The Labute approximate surface area is 167 Å². The van der Waals surface area contributed by atoms with Crippen molar-refractivity contribution in [1.82, 2.24) is 10.2 Å². The van der Waals surface area contributed by atoms with E-state index in [4.69, 9.17) is 10.5 Å². The van der Waals surface area contributed by atoms with E-state index in [-0.39, 0.29) is 47.6 Å². The first-order valence-corrected chi connectivity index (χ1v) is 10.4. The average Bonchev–Trinajstić information content (AvgIpc) is 3.16. The number of hydrogen-bond donors (Lipinski definition) is 4. The van der Waals surface area contributed by atoms with E-state index < -0.39 is 18.0 Å². The maximum absolute atomic E-state index is 12.3. The van der Waals surface area contributed by atoms with Crippen LogP contribution in [0.25, 0.3) is 0 Å². The summed E-state index contributed by atoms with van der Waals surface area (Å²) in [7, 11) is 0. The summed E-state index contributed by atoms with van der Waals surface area (Å²) < 4.78 is 5.20. The number of rotatable bonds is 8. The minimum atomic E-state index is -1.11. The summed E-state index contributed by atoms with van der Waals surface area (Å²) in [5.41, 5.74) is 5.72. The second-order valence-corrected chi connectivity index (χ2v) is 9.00. The fraction of sp³-hybridized carbons (Fsp3) is 0.722. The van der Waals surface area contributed by atoms with Crippen molar-refractivity contribution in [3.05, 3.63) is 10.6 Å². The van der Waals surface area contributed by atoms with E-state index in [1.165, 1.54) is 23.6 Å². The van der Waals surface area contributed by atoms with Gasteiger partial charge in [0.2, 0.25) is 5.91 Å². The van der Waals surface area contributed by atoms with Gasteiger partial charge in [0, 0.05) is 49.1 Å². The largest absolute Gasteiger partial charge is 0.477 e. The molecule has 0 aromatic carbocycles. The van der Waals surface area contributed by atoms with Gasteiger partial charge in [0.05, 0.1) is 18.1 Å². The number of nitrogens with two attached hydrogens (primary N) is 1. The molecule has 9 nitrogen and oxygen atoms in total. The topological polar surface area (TPSA) is 142 Å². The second kappa shape index (κ2) is 8.40. The molecule has 1 unspecified atom stereocenters. The first-order valence-electron chi connectivity index (χ1n) is 9.47. The highest BCUT2D eigenvalue weighted by Gasteiger charge is 2.57. The highest BCUT2D eigenvalue weighted by atomic mass is 32.2. The number of fused-ring (bicyclic) bond motifs is 1. The van der Waals surface area contributed by atoms with Crippen LogP contribution >= 0.6 is 11.8 Å². The Morgan fingerprint density at radius 2 is 2.18 bits per heavy atom. The molecule has 1 amide bonds. The van der Waals surface area contributed by atoms with E-state index in [0.29, 0.717) is 24.3 Å². The number of aliphatic hydroxyl groups is 1. The van der Waals surface area contributed by atoms with Crippen LogP contribution in [0.1, 0.15) is 33.1 Å². The van der Waals surface area contributed by atoms with Crippen molar-refractivity contribution in [3.8, 4) is 0 Å². The van der Waals surface area contributed by atoms with Gasteiger partial charge >= 0.3 is 11.9 Å². The van der Waals surface area contributed by atoms with Gasteiger partial charge in [0.15, 0.2) is 0 Å². The van der Waals surface area contributed by atoms with Gasteiger partial charge in [-0.3, -0.25) is 9.59 Å². The van der Waals surface area contributed by atoms with E-state index in [0.717, 1.165) is 6.42 Å². The van der Waals surface area contributed by atoms with E-state index in [1.54, 1.807) is 6.92 Å². The number of esters is 1. The Morgan fingerprint density at radius 1 is 1.46 bits per heavy atom. The van der Waals surface area contributed by atoms with Crippen molar-refractivity contribution in [2.45, 2.75) is 62.7 Å². The molecule has 10 heteroatoms. The van der Waals surface area contributed by atoms with Gasteiger partial charge in [-0.2, -0.15) is 0 Å². The van der Waals surface area contributed by atoms with E-state index >= 15 is 0 Å². The minimum absolute atomic E-state index is 0.0556. The Hall–Kier alpha value is -1.62. The molecule has 3 aliphatic heterocycles. The normalized spacial score (nSPS) is 31.4. The lowest BCUT2D eigenvalue weighted by Crippen LogP contribution is -2.61. The number of aliphatic hydroxyl groups excluding tert-OH is 1. The third-order valence-corrected chi connectivity index (χ3v) is 6.86. The summed E-state index contributed by atoms with van der Waals surface area (Å²) in [4.78, 5) is 37.2. The van der Waals surface area contributed by atoms with Gasteiger partial charge in [-0.15, -0.1) is 11.8 Å². The van der Waals surface area contributed by atoms with Crippen LogP contribution in [0.3, 0.4) is 0 Å². The Balaban J connectivity index is 1.62. The van der Waals surface area contributed by atoms with Crippen LogP contribution in [-0.2, 0) is 19.1 Å². The van der Waals surface area contributed by atoms with Crippen molar-refractivity contribution in [2.24, 2.45) is 11.7 Å². The smallest absolute Gasteiger partial charge is 0.353 e. The van der Waals surface area contributed by atoms with Crippen LogP contribution in [-0.4, -0.2) is 75.6 Å². The highest BCUT2D eigenvalue weighted by molar-refractivity contribution is 8.03. The van der Waals surface area contributed by atoms with Gasteiger partial charge in [-0.1, -0.05) is 0 Å². The molecule has 3 heterocycles. The fourth-order valence-electron chi connectivity index (χ4n) is 4.33. The number of nitrogens with zero attached hydrogens (tertiary/aromatic N) is 1. The summed E-state index contributed by atoms with van der Waals surface area (Å²) >= 11 is 1.49. The predicted octanol–water partition coefficient (Wildman–Crippen LogP) is -0.362. The summed E-state index contributed by atoms with van der Waals surface area (Å²) in [5.74, 6) is -2.31. The van der Waals surface area contributed by atoms with Crippen molar-refractivity contribution in [1.29, 1.82) is 0 Å². The molecule has 6 atom stereocenters. The van der Waals surface area contributed by atoms with Gasteiger partial charge in [0.1, 0.15) is 11.8 Å². The van der Waals surface area contributed by atoms with Gasteiger partial charge in [-0.25, -0.2) is 4.79 Å². The lowest BCUT2D eigenvalue weighted by molar-refractivity contribution is -0.161. The average molecular weight is 413 g/mol. The first kappa shape index (κ1) is 21.1. The maximum Gasteiger partial charge on any atom is 0.353 e. The predicted molar refractivity (Wildman–Crippen MR) is 102 cm³/mol. The molecule has 3 aliphatic rings. The number of nitrogens with one attached hydrogen (secondary N) is 1. The van der Waals surface area contributed by atoms with Gasteiger partial charge in [-0.05, 0) is 13.3 Å². The molecule has 2 saturated heterocycles. The fourth-order valence-corrected chi connectivity index (χ4v) is 5.81. The van der Waals surface area contributed by atoms with Gasteiger partial charge in [0.25, 0.3) is 0 Å². The molecule has 0 aromatic rings. The Bertz CT molecular complexity index is 697. The van der Waals surface area contributed by atoms with Crippen LogP contribution in [0, 0.1) is 5.92 Å². The van der Waals surface area contributed by atoms with E-state index in [9.17, 15) is 24.6 Å². The first-order chi connectivity index (χ1) is 13.2. The molecule has 0 bridgehead atoms. The molecule has 2 fully saturated rings. The van der Waals surface area contributed by atoms with Crippen LogP contribution in [0.5, 0.6) is 0 Å². The van der Waals surface area contributed by atoms with E-state index in [1.807, 2.05) is 0 Å². The van der Waals surface area contributed by atoms with E-state index in [2.05, 4.69) is 5.32 Å². The quantitative estimate of drug-likeness (QED) is 0.310. The van der Waals surface area contributed by atoms with Crippen LogP contribution in [0.15, 0.2) is 10.6 Å². The Kier molecular flexibility index (Phi) is 6.33. The third kappa shape index (κ3) is 4.05. The van der Waals surface area contributed by atoms with Crippen molar-refractivity contribution in [3.63, 3.8) is 0 Å². The second-order valence-electron chi connectivity index (χ2n) is 7.61. The van der Waals surface area contributed by atoms with Crippen molar-refractivity contribution < 1.29 is 29.3 Å². The van der Waals surface area contributed by atoms with Crippen LogP contribution in [0.4, 0.5) is 0 Å². The number of carboxylic acid groups (broad SMARTS) is 1. The maximum atomic E-state index is 12.3. The third-order valence-electron chi connectivity index (χ3n) is 5.52. The van der Waals surface area contributed by atoms with Crippen LogP contribution < -0.4 is 11.1 Å². The summed E-state index contributed by atoms with van der Waals surface area (Å²) in [6.45, 7) is 3.87. The minimum Gasteiger partial charge on any atom is -0.477 e. The van der Waals surface area contributed by atoms with Crippen molar-refractivity contribution in [2.75, 3.05) is 13.1 Å². The zero-order valence-corrected chi connectivity index (χ0v) is 16.8. The summed E-state index contributed by atoms with van der Waals surface area (Å²) in [6.07, 6.45) is 0.728. The summed E-state index contributed by atoms with van der Waals surface area (Å²) in [6, 6.07) is -0.138. The summed E-state index contributed by atoms with van der Waals surface area (Å²) in [5, 5.41) is 23.0. The number of carboxylic acids is 1. The van der Waals surface area contributed by atoms with Crippen molar-refractivity contribution >= 4 is 29.6 Å². The number of carbonyl (C=O) groups is 3. The standard InChI is InChI=1S/C18H27N3O6S/c1-8(22)15-13-5-14(16(18(25)26)21(13)17(15)24)28-12-4-10(20-7-12)3-11(6-19)27-9(2)23/h8,10-13,15,20,22H,3-7,19H2,1-2H3,(H,25,26)/t8-,10-,11?,12+,13-,15-/m1/s1. The molecule has 0 aliphatic carbocycles. The Morgan fingerprint density at radius 3 is 2.75 bits per heavy atom. The zero-order valence-electron chi connectivity index (χ0n) is 16.0. The number of β-lactam (4-membered cyclic amide) rings is 1. The lowest BCUT2D eigenvalue weighted by atomic mass is 9.83. The number of carbonyl (C=O) groups excluding carboxylic acids is 2. The number of hydrogen-bond acceptors (Lipinski definition) is 8. The number of ether oxygens (including phenoxy) is 1. The number of amides is 1.